The van der Waals surface area contributed by atoms with Crippen molar-refractivity contribution >= 4 is 17.5 Å². The Hall–Kier alpha value is -1.82. The Morgan fingerprint density at radius 1 is 1.44 bits per heavy atom. The van der Waals surface area contributed by atoms with Crippen LogP contribution in [0.2, 0.25) is 0 Å². The molecule has 0 aromatic carbocycles. The maximum absolute atomic E-state index is 11.2. The Morgan fingerprint density at radius 2 is 2.11 bits per heavy atom. The molecule has 0 amide bonds. The first kappa shape index (κ1) is 12.6. The highest BCUT2D eigenvalue weighted by atomic mass is 16.4. The summed E-state index contributed by atoms with van der Waals surface area (Å²) in [6, 6.07) is 1.47. The fourth-order valence-corrected chi connectivity index (χ4v) is 2.16. The number of carbonyl (C=O) groups is 1. The minimum atomic E-state index is -0.984. The van der Waals surface area contributed by atoms with E-state index in [4.69, 9.17) is 5.73 Å². The second kappa shape index (κ2) is 5.22. The number of aromatic carboxylic acids is 1. The van der Waals surface area contributed by atoms with Crippen molar-refractivity contribution in [3.05, 3.63) is 17.8 Å². The fraction of sp³-hybridized carbons (Fsp3) is 0.500. The van der Waals surface area contributed by atoms with Gasteiger partial charge in [0, 0.05) is 26.2 Å². The number of nitrogens with two attached hydrogens (primary N) is 1. The molecule has 2 heterocycles. The van der Waals surface area contributed by atoms with Gasteiger partial charge in [-0.3, -0.25) is 0 Å². The number of carboxylic acids is 1. The van der Waals surface area contributed by atoms with Gasteiger partial charge in [-0.05, 0) is 12.6 Å². The average molecular weight is 250 g/mol. The van der Waals surface area contributed by atoms with Crippen LogP contribution in [0.1, 0.15) is 17.3 Å². The second-order valence-corrected chi connectivity index (χ2v) is 4.37. The maximum atomic E-state index is 11.2. The highest BCUT2D eigenvalue weighted by Gasteiger charge is 2.22. The Bertz CT molecular complexity index is 442. The molecule has 0 spiro atoms. The largest absolute Gasteiger partial charge is 0.478 e. The molecule has 0 unspecified atom stereocenters. The van der Waals surface area contributed by atoms with E-state index < -0.39 is 5.97 Å². The van der Waals surface area contributed by atoms with E-state index in [2.05, 4.69) is 16.8 Å². The molecular weight excluding hydrogens is 232 g/mol. The van der Waals surface area contributed by atoms with Crippen molar-refractivity contribution in [1.82, 2.24) is 9.88 Å². The van der Waals surface area contributed by atoms with Gasteiger partial charge in [0.1, 0.15) is 11.4 Å². The number of rotatable bonds is 3. The predicted molar refractivity (Wildman–Crippen MR) is 69.9 cm³/mol. The SMILES string of the molecule is CCN1CCN(c2ncc(N)cc2C(=O)O)CC1. The summed E-state index contributed by atoms with van der Waals surface area (Å²) in [5.41, 5.74) is 6.14. The number of nitrogen functional groups attached to an aromatic ring is 1. The average Bonchev–Trinajstić information content (AvgIpc) is 2.39. The molecule has 1 aromatic heterocycles. The molecule has 0 bridgehead atoms. The molecule has 6 nitrogen and oxygen atoms in total. The van der Waals surface area contributed by atoms with Crippen LogP contribution in [0.4, 0.5) is 11.5 Å². The first-order chi connectivity index (χ1) is 8.61. The van der Waals surface area contributed by atoms with Crippen molar-refractivity contribution in [2.45, 2.75) is 6.92 Å². The minimum Gasteiger partial charge on any atom is -0.478 e. The Morgan fingerprint density at radius 3 is 2.67 bits per heavy atom. The molecular formula is C12H18N4O2. The van der Waals surface area contributed by atoms with Gasteiger partial charge in [-0.1, -0.05) is 6.92 Å². The van der Waals surface area contributed by atoms with Gasteiger partial charge in [0.25, 0.3) is 0 Å². The molecule has 6 heteroatoms. The number of piperazine rings is 1. The molecule has 1 fully saturated rings. The van der Waals surface area contributed by atoms with Crippen LogP contribution >= 0.6 is 0 Å². The molecule has 18 heavy (non-hydrogen) atoms. The smallest absolute Gasteiger partial charge is 0.339 e. The van der Waals surface area contributed by atoms with E-state index >= 15 is 0 Å². The summed E-state index contributed by atoms with van der Waals surface area (Å²) in [5.74, 6) is -0.463. The zero-order chi connectivity index (χ0) is 13.1. The van der Waals surface area contributed by atoms with Crippen LogP contribution in [0.3, 0.4) is 0 Å². The Kier molecular flexibility index (Phi) is 3.66. The van der Waals surface area contributed by atoms with Crippen molar-refractivity contribution in [1.29, 1.82) is 0 Å². The molecule has 1 saturated heterocycles. The molecule has 2 rings (SSSR count). The van der Waals surface area contributed by atoms with E-state index in [9.17, 15) is 9.90 Å². The lowest BCUT2D eigenvalue weighted by molar-refractivity contribution is 0.0697. The number of pyridine rings is 1. The Balaban J connectivity index is 2.21. The second-order valence-electron chi connectivity index (χ2n) is 4.37. The zero-order valence-electron chi connectivity index (χ0n) is 10.5. The van der Waals surface area contributed by atoms with Crippen LogP contribution in [-0.4, -0.2) is 53.7 Å². The minimum absolute atomic E-state index is 0.181. The summed E-state index contributed by atoms with van der Waals surface area (Å²) in [6.07, 6.45) is 1.51. The summed E-state index contributed by atoms with van der Waals surface area (Å²) in [6.45, 7) is 6.61. The van der Waals surface area contributed by atoms with E-state index in [-0.39, 0.29) is 5.56 Å². The van der Waals surface area contributed by atoms with E-state index in [0.29, 0.717) is 11.5 Å². The van der Waals surface area contributed by atoms with Crippen molar-refractivity contribution < 1.29 is 9.90 Å². The Labute approximate surface area is 106 Å². The molecule has 0 radical (unpaired) electrons. The molecule has 0 atom stereocenters. The lowest BCUT2D eigenvalue weighted by Crippen LogP contribution is -2.46. The third kappa shape index (κ3) is 2.53. The number of carboxylic acid groups (broad SMARTS) is 1. The van der Waals surface area contributed by atoms with Crippen LogP contribution in [-0.2, 0) is 0 Å². The highest BCUT2D eigenvalue weighted by Crippen LogP contribution is 2.21. The summed E-state index contributed by atoms with van der Waals surface area (Å²) in [4.78, 5) is 19.7. The van der Waals surface area contributed by atoms with Gasteiger partial charge in [0.2, 0.25) is 0 Å². The van der Waals surface area contributed by atoms with Gasteiger partial charge in [-0.2, -0.15) is 0 Å². The van der Waals surface area contributed by atoms with Crippen LogP contribution < -0.4 is 10.6 Å². The van der Waals surface area contributed by atoms with Crippen LogP contribution in [0.15, 0.2) is 12.3 Å². The standard InChI is InChI=1S/C12H18N4O2/c1-2-15-3-5-16(6-4-15)11-10(12(17)18)7-9(13)8-14-11/h7-8H,2-6,13H2,1H3,(H,17,18). The molecule has 0 aliphatic carbocycles. The quantitative estimate of drug-likeness (QED) is 0.813. The zero-order valence-corrected chi connectivity index (χ0v) is 10.5. The number of hydrogen-bond donors (Lipinski definition) is 2. The van der Waals surface area contributed by atoms with Crippen molar-refractivity contribution in [2.75, 3.05) is 43.4 Å². The summed E-state index contributed by atoms with van der Waals surface area (Å²) >= 11 is 0. The topological polar surface area (TPSA) is 82.7 Å². The lowest BCUT2D eigenvalue weighted by Gasteiger charge is -2.35. The molecule has 1 aliphatic heterocycles. The van der Waals surface area contributed by atoms with E-state index in [0.717, 1.165) is 32.7 Å². The molecule has 0 saturated carbocycles. The van der Waals surface area contributed by atoms with Gasteiger partial charge in [-0.15, -0.1) is 0 Å². The molecule has 98 valence electrons. The van der Waals surface area contributed by atoms with Crippen LogP contribution in [0.25, 0.3) is 0 Å². The first-order valence-corrected chi connectivity index (χ1v) is 6.08. The van der Waals surface area contributed by atoms with E-state index in [1.165, 1.54) is 12.3 Å². The van der Waals surface area contributed by atoms with Gasteiger partial charge < -0.3 is 20.6 Å². The lowest BCUT2D eigenvalue weighted by atomic mass is 10.2. The summed E-state index contributed by atoms with van der Waals surface area (Å²) in [7, 11) is 0. The maximum Gasteiger partial charge on any atom is 0.339 e. The fourth-order valence-electron chi connectivity index (χ4n) is 2.16. The third-order valence-electron chi connectivity index (χ3n) is 3.24. The van der Waals surface area contributed by atoms with Crippen LogP contribution in [0, 0.1) is 0 Å². The van der Waals surface area contributed by atoms with Crippen molar-refractivity contribution in [3.63, 3.8) is 0 Å². The normalized spacial score (nSPS) is 16.8. The van der Waals surface area contributed by atoms with Crippen LogP contribution in [0.5, 0.6) is 0 Å². The van der Waals surface area contributed by atoms with E-state index in [1.54, 1.807) is 0 Å². The number of likely N-dealkylation sites (N-methyl/N-ethyl adjacent to an activating group) is 1. The van der Waals surface area contributed by atoms with Gasteiger partial charge >= 0.3 is 5.97 Å². The monoisotopic (exact) mass is 250 g/mol. The number of hydrogen-bond acceptors (Lipinski definition) is 5. The first-order valence-electron chi connectivity index (χ1n) is 6.08. The molecule has 3 N–H and O–H groups in total. The third-order valence-corrected chi connectivity index (χ3v) is 3.24. The van der Waals surface area contributed by atoms with Gasteiger partial charge in [0.05, 0.1) is 11.9 Å². The van der Waals surface area contributed by atoms with Crippen molar-refractivity contribution in [2.24, 2.45) is 0 Å². The van der Waals surface area contributed by atoms with E-state index in [1.807, 2.05) is 4.90 Å². The summed E-state index contributed by atoms with van der Waals surface area (Å²) in [5, 5.41) is 9.19. The summed E-state index contributed by atoms with van der Waals surface area (Å²) < 4.78 is 0. The predicted octanol–water partition coefficient (Wildman–Crippen LogP) is 0.504. The number of aromatic nitrogens is 1. The van der Waals surface area contributed by atoms with Gasteiger partial charge in [0.15, 0.2) is 0 Å². The number of nitrogens with zero attached hydrogens (tertiary/aromatic N) is 3. The van der Waals surface area contributed by atoms with Crippen molar-refractivity contribution in [3.8, 4) is 0 Å². The highest BCUT2D eigenvalue weighted by molar-refractivity contribution is 5.94. The molecule has 1 aliphatic rings. The molecule has 1 aromatic rings. The number of anilines is 2. The van der Waals surface area contributed by atoms with Gasteiger partial charge in [-0.25, -0.2) is 9.78 Å².